The van der Waals surface area contributed by atoms with Crippen molar-refractivity contribution in [1.29, 1.82) is 0 Å². The van der Waals surface area contributed by atoms with Crippen molar-refractivity contribution in [1.82, 2.24) is 14.8 Å². The van der Waals surface area contributed by atoms with Crippen LogP contribution in [0, 0.1) is 13.8 Å². The number of halogens is 3. The highest BCUT2D eigenvalue weighted by Crippen LogP contribution is 2.34. The third-order valence-corrected chi connectivity index (χ3v) is 6.80. The number of aryl methyl sites for hydroxylation is 2. The first-order valence-corrected chi connectivity index (χ1v) is 11.8. The SMILES string of the molecule is Cc1cc(C)cc(-n2c(SCc3c(Cl)cccc3Cl)nnc2-c2ccc(Br)cc2)c1. The molecule has 0 aliphatic heterocycles. The van der Waals surface area contributed by atoms with Crippen LogP contribution in [0.3, 0.4) is 0 Å². The molecule has 3 aromatic carbocycles. The Bertz CT molecular complexity index is 1170. The molecule has 4 rings (SSSR count). The first-order chi connectivity index (χ1) is 14.4. The zero-order valence-electron chi connectivity index (χ0n) is 16.4. The highest BCUT2D eigenvalue weighted by Gasteiger charge is 2.18. The fraction of sp³-hybridized carbons (Fsp3) is 0.130. The monoisotopic (exact) mass is 517 g/mol. The van der Waals surface area contributed by atoms with Gasteiger partial charge in [0.05, 0.1) is 5.69 Å². The molecule has 0 amide bonds. The van der Waals surface area contributed by atoms with Crippen LogP contribution in [0.4, 0.5) is 0 Å². The Morgan fingerprint density at radius 2 is 1.53 bits per heavy atom. The van der Waals surface area contributed by atoms with Gasteiger partial charge in [-0.05, 0) is 66.9 Å². The highest BCUT2D eigenvalue weighted by molar-refractivity contribution is 9.10. The lowest BCUT2D eigenvalue weighted by molar-refractivity contribution is 0.884. The number of hydrogen-bond acceptors (Lipinski definition) is 3. The first-order valence-electron chi connectivity index (χ1n) is 9.28. The second kappa shape index (κ2) is 9.15. The minimum Gasteiger partial charge on any atom is -0.270 e. The largest absolute Gasteiger partial charge is 0.270 e. The molecule has 3 nitrogen and oxygen atoms in total. The van der Waals surface area contributed by atoms with Crippen molar-refractivity contribution in [2.45, 2.75) is 24.8 Å². The highest BCUT2D eigenvalue weighted by atomic mass is 79.9. The van der Waals surface area contributed by atoms with Crippen molar-refractivity contribution < 1.29 is 0 Å². The lowest BCUT2D eigenvalue weighted by atomic mass is 10.1. The average Bonchev–Trinajstić information content (AvgIpc) is 3.11. The van der Waals surface area contributed by atoms with Crippen LogP contribution in [0.5, 0.6) is 0 Å². The smallest absolute Gasteiger partial charge is 0.196 e. The van der Waals surface area contributed by atoms with Crippen molar-refractivity contribution in [3.8, 4) is 17.1 Å². The Morgan fingerprint density at radius 1 is 0.900 bits per heavy atom. The first kappa shape index (κ1) is 21.4. The molecule has 0 spiro atoms. The van der Waals surface area contributed by atoms with Gasteiger partial charge >= 0.3 is 0 Å². The second-order valence-electron chi connectivity index (χ2n) is 6.98. The van der Waals surface area contributed by atoms with E-state index in [9.17, 15) is 0 Å². The van der Waals surface area contributed by atoms with Crippen LogP contribution in [0.2, 0.25) is 10.0 Å². The molecule has 1 heterocycles. The van der Waals surface area contributed by atoms with E-state index in [4.69, 9.17) is 23.2 Å². The van der Waals surface area contributed by atoms with Gasteiger partial charge in [-0.1, -0.05) is 75.2 Å². The van der Waals surface area contributed by atoms with Crippen LogP contribution in [-0.4, -0.2) is 14.8 Å². The summed E-state index contributed by atoms with van der Waals surface area (Å²) in [7, 11) is 0. The van der Waals surface area contributed by atoms with Crippen molar-refractivity contribution in [2.75, 3.05) is 0 Å². The summed E-state index contributed by atoms with van der Waals surface area (Å²) in [6, 6.07) is 20.1. The maximum absolute atomic E-state index is 6.36. The molecule has 0 aliphatic carbocycles. The summed E-state index contributed by atoms with van der Waals surface area (Å²) in [5.74, 6) is 1.39. The molecular weight excluding hydrogens is 501 g/mol. The molecule has 0 unspecified atom stereocenters. The Balaban J connectivity index is 1.79. The van der Waals surface area contributed by atoms with Crippen molar-refractivity contribution in [3.63, 3.8) is 0 Å². The maximum atomic E-state index is 6.36. The minimum absolute atomic E-state index is 0.599. The van der Waals surface area contributed by atoms with Gasteiger partial charge in [-0.15, -0.1) is 10.2 Å². The van der Waals surface area contributed by atoms with Crippen molar-refractivity contribution in [3.05, 3.63) is 91.9 Å². The number of nitrogens with zero attached hydrogens (tertiary/aromatic N) is 3. The summed E-state index contributed by atoms with van der Waals surface area (Å²) < 4.78 is 3.12. The fourth-order valence-corrected chi connectivity index (χ4v) is 5.23. The molecular formula is C23H18BrCl2N3S. The van der Waals surface area contributed by atoms with Crippen LogP contribution in [0.15, 0.2) is 70.3 Å². The van der Waals surface area contributed by atoms with Gasteiger partial charge in [0.25, 0.3) is 0 Å². The summed E-state index contributed by atoms with van der Waals surface area (Å²) in [5.41, 5.74) is 5.29. The Hall–Kier alpha value is -1.79. The predicted molar refractivity (Wildman–Crippen MR) is 130 cm³/mol. The number of rotatable bonds is 5. The molecule has 0 saturated carbocycles. The summed E-state index contributed by atoms with van der Waals surface area (Å²) in [5, 5.41) is 11.1. The molecule has 0 bridgehead atoms. The van der Waals surface area contributed by atoms with Crippen LogP contribution in [0.25, 0.3) is 17.1 Å². The van der Waals surface area contributed by atoms with Crippen LogP contribution >= 0.6 is 50.9 Å². The topological polar surface area (TPSA) is 30.7 Å². The number of benzene rings is 3. The predicted octanol–water partition coefficient (Wildman–Crippen LogP) is 7.91. The average molecular weight is 519 g/mol. The molecule has 0 saturated heterocycles. The third-order valence-electron chi connectivity index (χ3n) is 4.61. The molecule has 0 fully saturated rings. The maximum Gasteiger partial charge on any atom is 0.196 e. The van der Waals surface area contributed by atoms with E-state index >= 15 is 0 Å². The number of thioether (sulfide) groups is 1. The normalized spacial score (nSPS) is 11.1. The lowest BCUT2D eigenvalue weighted by Gasteiger charge is -2.13. The Kier molecular flexibility index (Phi) is 6.54. The number of hydrogen-bond donors (Lipinski definition) is 0. The minimum atomic E-state index is 0.599. The molecule has 1 aromatic heterocycles. The van der Waals surface area contributed by atoms with Crippen LogP contribution in [0.1, 0.15) is 16.7 Å². The third kappa shape index (κ3) is 4.59. The van der Waals surface area contributed by atoms with Gasteiger partial charge in [0.15, 0.2) is 11.0 Å². The zero-order chi connectivity index (χ0) is 21.3. The summed E-state index contributed by atoms with van der Waals surface area (Å²) >= 11 is 17.8. The van der Waals surface area contributed by atoms with Gasteiger partial charge in [-0.3, -0.25) is 4.57 Å². The summed E-state index contributed by atoms with van der Waals surface area (Å²) in [4.78, 5) is 0. The summed E-state index contributed by atoms with van der Waals surface area (Å²) in [6.07, 6.45) is 0. The van der Waals surface area contributed by atoms with Gasteiger partial charge in [-0.2, -0.15) is 0 Å². The van der Waals surface area contributed by atoms with Crippen LogP contribution < -0.4 is 0 Å². The molecule has 4 aromatic rings. The molecule has 152 valence electrons. The zero-order valence-corrected chi connectivity index (χ0v) is 20.3. The molecule has 7 heteroatoms. The molecule has 30 heavy (non-hydrogen) atoms. The van der Waals surface area contributed by atoms with E-state index in [1.54, 1.807) is 11.8 Å². The van der Waals surface area contributed by atoms with E-state index in [1.165, 1.54) is 11.1 Å². The molecule has 0 N–H and O–H groups in total. The number of aromatic nitrogens is 3. The van der Waals surface area contributed by atoms with E-state index in [0.717, 1.165) is 32.3 Å². The van der Waals surface area contributed by atoms with E-state index < -0.39 is 0 Å². The van der Waals surface area contributed by atoms with Crippen molar-refractivity contribution in [2.24, 2.45) is 0 Å². The fourth-order valence-electron chi connectivity index (χ4n) is 3.27. The Morgan fingerprint density at radius 3 is 2.17 bits per heavy atom. The van der Waals surface area contributed by atoms with Crippen molar-refractivity contribution >= 4 is 50.9 Å². The quantitative estimate of drug-likeness (QED) is 0.251. The summed E-state index contributed by atoms with van der Waals surface area (Å²) in [6.45, 7) is 4.19. The van der Waals surface area contributed by atoms with E-state index in [2.05, 4.69) is 62.7 Å². The molecule has 0 aliphatic rings. The van der Waals surface area contributed by atoms with Gasteiger partial charge in [-0.25, -0.2) is 0 Å². The van der Waals surface area contributed by atoms with E-state index in [0.29, 0.717) is 15.8 Å². The van der Waals surface area contributed by atoms with Gasteiger partial charge in [0, 0.05) is 25.8 Å². The van der Waals surface area contributed by atoms with E-state index in [1.807, 2.05) is 42.5 Å². The van der Waals surface area contributed by atoms with E-state index in [-0.39, 0.29) is 0 Å². The van der Waals surface area contributed by atoms with Gasteiger partial charge in [0.1, 0.15) is 0 Å². The van der Waals surface area contributed by atoms with Gasteiger partial charge in [0.2, 0.25) is 0 Å². The Labute approximate surface area is 198 Å². The van der Waals surface area contributed by atoms with Crippen LogP contribution in [-0.2, 0) is 5.75 Å². The second-order valence-corrected chi connectivity index (χ2v) is 9.66. The lowest BCUT2D eigenvalue weighted by Crippen LogP contribution is -2.01. The van der Waals surface area contributed by atoms with Gasteiger partial charge < -0.3 is 0 Å². The molecule has 0 radical (unpaired) electrons. The molecule has 0 atom stereocenters. The standard InChI is InChI=1S/C23H18BrCl2N3S/c1-14-10-15(2)12-18(11-14)29-22(16-6-8-17(24)9-7-16)27-28-23(29)30-13-19-20(25)4-3-5-21(19)26/h3-12H,13H2,1-2H3.